The molecule has 0 aromatic heterocycles. The molecule has 14 heavy (non-hydrogen) atoms. The van der Waals surface area contributed by atoms with Gasteiger partial charge in [0.05, 0.1) is 0 Å². The molecular formula is C12H25NS. The van der Waals surface area contributed by atoms with Crippen LogP contribution >= 0.6 is 11.8 Å². The van der Waals surface area contributed by atoms with Gasteiger partial charge in [0, 0.05) is 6.04 Å². The molecule has 1 aliphatic carbocycles. The van der Waals surface area contributed by atoms with Crippen LogP contribution < -0.4 is 5.32 Å². The number of rotatable bonds is 6. The van der Waals surface area contributed by atoms with E-state index in [2.05, 4.69) is 25.4 Å². The molecule has 2 heteroatoms. The van der Waals surface area contributed by atoms with E-state index in [-0.39, 0.29) is 0 Å². The summed E-state index contributed by atoms with van der Waals surface area (Å²) < 4.78 is 0. The van der Waals surface area contributed by atoms with E-state index in [0.29, 0.717) is 0 Å². The molecule has 0 aromatic rings. The average molecular weight is 215 g/mol. The van der Waals surface area contributed by atoms with Gasteiger partial charge in [-0.25, -0.2) is 0 Å². The zero-order valence-corrected chi connectivity index (χ0v) is 10.7. The minimum absolute atomic E-state index is 0.805. The molecule has 1 nitrogen and oxygen atoms in total. The Morgan fingerprint density at radius 2 is 2.14 bits per heavy atom. The van der Waals surface area contributed by atoms with Crippen molar-refractivity contribution < 1.29 is 0 Å². The standard InChI is InChI=1S/C12H25NS/c1-4-13-12-8-7-11(10(12)2)6-5-9-14-3/h10-13H,4-9H2,1-3H3. The van der Waals surface area contributed by atoms with E-state index in [1.807, 2.05) is 11.8 Å². The SMILES string of the molecule is CCNC1CCC(CCCSC)C1C. The van der Waals surface area contributed by atoms with Crippen molar-refractivity contribution in [2.45, 2.75) is 45.6 Å². The first-order valence-electron chi connectivity index (χ1n) is 6.02. The van der Waals surface area contributed by atoms with E-state index in [0.717, 1.165) is 24.4 Å². The number of thioether (sulfide) groups is 1. The lowest BCUT2D eigenvalue weighted by Gasteiger charge is -2.21. The number of nitrogens with one attached hydrogen (secondary N) is 1. The van der Waals surface area contributed by atoms with Crippen molar-refractivity contribution in [2.24, 2.45) is 11.8 Å². The Labute approximate surface area is 93.4 Å². The Bertz CT molecular complexity index is 149. The molecule has 0 aromatic carbocycles. The van der Waals surface area contributed by atoms with E-state index in [9.17, 15) is 0 Å². The Morgan fingerprint density at radius 3 is 2.79 bits per heavy atom. The van der Waals surface area contributed by atoms with Crippen LogP contribution in [0.2, 0.25) is 0 Å². The van der Waals surface area contributed by atoms with Gasteiger partial charge >= 0.3 is 0 Å². The van der Waals surface area contributed by atoms with Gasteiger partial charge in [0.1, 0.15) is 0 Å². The van der Waals surface area contributed by atoms with E-state index in [1.165, 1.54) is 31.4 Å². The fourth-order valence-corrected chi connectivity index (χ4v) is 3.15. The lowest BCUT2D eigenvalue weighted by atomic mass is 9.92. The summed E-state index contributed by atoms with van der Waals surface area (Å²) in [5, 5.41) is 3.61. The van der Waals surface area contributed by atoms with Crippen LogP contribution in [0.4, 0.5) is 0 Å². The molecule has 1 aliphatic rings. The maximum atomic E-state index is 3.61. The van der Waals surface area contributed by atoms with E-state index in [4.69, 9.17) is 0 Å². The van der Waals surface area contributed by atoms with E-state index < -0.39 is 0 Å². The average Bonchev–Trinajstić information content (AvgIpc) is 2.51. The summed E-state index contributed by atoms with van der Waals surface area (Å²) >= 11 is 1.98. The first-order chi connectivity index (χ1) is 6.79. The third-order valence-electron chi connectivity index (χ3n) is 3.62. The van der Waals surface area contributed by atoms with E-state index >= 15 is 0 Å². The molecule has 0 saturated heterocycles. The van der Waals surface area contributed by atoms with Crippen LogP contribution in [-0.2, 0) is 0 Å². The first-order valence-corrected chi connectivity index (χ1v) is 7.41. The van der Waals surface area contributed by atoms with Crippen LogP contribution in [0.3, 0.4) is 0 Å². The molecule has 0 radical (unpaired) electrons. The van der Waals surface area contributed by atoms with Crippen molar-refractivity contribution in [1.82, 2.24) is 5.32 Å². The molecule has 0 spiro atoms. The summed E-state index contributed by atoms with van der Waals surface area (Å²) in [7, 11) is 0. The second-order valence-electron chi connectivity index (χ2n) is 4.50. The predicted octanol–water partition coefficient (Wildman–Crippen LogP) is 3.15. The van der Waals surface area contributed by atoms with Gasteiger partial charge in [-0.1, -0.05) is 13.8 Å². The summed E-state index contributed by atoms with van der Waals surface area (Å²) in [6, 6.07) is 0.805. The maximum Gasteiger partial charge on any atom is 0.00953 e. The van der Waals surface area contributed by atoms with E-state index in [1.54, 1.807) is 0 Å². The highest BCUT2D eigenvalue weighted by Gasteiger charge is 2.31. The second kappa shape index (κ2) is 6.73. The molecule has 0 amide bonds. The van der Waals surface area contributed by atoms with Crippen molar-refractivity contribution in [3.05, 3.63) is 0 Å². The topological polar surface area (TPSA) is 12.0 Å². The van der Waals surface area contributed by atoms with Crippen molar-refractivity contribution in [3.8, 4) is 0 Å². The van der Waals surface area contributed by atoms with Gasteiger partial charge in [0.2, 0.25) is 0 Å². The molecule has 84 valence electrons. The fraction of sp³-hybridized carbons (Fsp3) is 1.00. The summed E-state index contributed by atoms with van der Waals surface area (Å²) in [5.74, 6) is 3.23. The highest BCUT2D eigenvalue weighted by atomic mass is 32.2. The molecule has 0 heterocycles. The first kappa shape index (κ1) is 12.4. The maximum absolute atomic E-state index is 3.61. The molecule has 1 N–H and O–H groups in total. The van der Waals surface area contributed by atoms with Gasteiger partial charge in [-0.3, -0.25) is 0 Å². The highest BCUT2D eigenvalue weighted by Crippen LogP contribution is 2.35. The molecule has 3 atom stereocenters. The van der Waals surface area contributed by atoms with Gasteiger partial charge in [0.15, 0.2) is 0 Å². The smallest absolute Gasteiger partial charge is 0.00953 e. The monoisotopic (exact) mass is 215 g/mol. The quantitative estimate of drug-likeness (QED) is 0.683. The molecule has 1 saturated carbocycles. The summed E-state index contributed by atoms with van der Waals surface area (Å²) in [6.45, 7) is 5.78. The molecule has 1 rings (SSSR count). The summed E-state index contributed by atoms with van der Waals surface area (Å²) in [5.41, 5.74) is 0. The third kappa shape index (κ3) is 3.47. The number of hydrogen-bond acceptors (Lipinski definition) is 2. The minimum atomic E-state index is 0.805. The van der Waals surface area contributed by atoms with Crippen molar-refractivity contribution >= 4 is 11.8 Å². The molecule has 0 aliphatic heterocycles. The largest absolute Gasteiger partial charge is 0.314 e. The fourth-order valence-electron chi connectivity index (χ4n) is 2.70. The van der Waals surface area contributed by atoms with Crippen molar-refractivity contribution in [2.75, 3.05) is 18.6 Å². The van der Waals surface area contributed by atoms with Gasteiger partial charge in [-0.05, 0) is 56.1 Å². The molecule has 1 fully saturated rings. The Hall–Kier alpha value is 0.310. The Kier molecular flexibility index (Phi) is 5.95. The molecule has 3 unspecified atom stereocenters. The van der Waals surface area contributed by atoms with Crippen molar-refractivity contribution in [3.63, 3.8) is 0 Å². The van der Waals surface area contributed by atoms with Crippen molar-refractivity contribution in [1.29, 1.82) is 0 Å². The van der Waals surface area contributed by atoms with Crippen LogP contribution in [0.25, 0.3) is 0 Å². The van der Waals surface area contributed by atoms with Crippen LogP contribution in [0.15, 0.2) is 0 Å². The number of hydrogen-bond donors (Lipinski definition) is 1. The minimum Gasteiger partial charge on any atom is -0.314 e. The predicted molar refractivity (Wildman–Crippen MR) is 67.0 cm³/mol. The highest BCUT2D eigenvalue weighted by molar-refractivity contribution is 7.98. The lowest BCUT2D eigenvalue weighted by molar-refractivity contribution is 0.339. The third-order valence-corrected chi connectivity index (χ3v) is 4.31. The van der Waals surface area contributed by atoms with Gasteiger partial charge in [-0.2, -0.15) is 11.8 Å². The second-order valence-corrected chi connectivity index (χ2v) is 5.48. The normalized spacial score (nSPS) is 32.4. The van der Waals surface area contributed by atoms with Gasteiger partial charge in [0.25, 0.3) is 0 Å². The van der Waals surface area contributed by atoms with Gasteiger partial charge in [-0.15, -0.1) is 0 Å². The Balaban J connectivity index is 2.21. The van der Waals surface area contributed by atoms with Gasteiger partial charge < -0.3 is 5.32 Å². The van der Waals surface area contributed by atoms with Crippen LogP contribution in [0.5, 0.6) is 0 Å². The zero-order chi connectivity index (χ0) is 10.4. The molecule has 0 bridgehead atoms. The van der Waals surface area contributed by atoms with Crippen LogP contribution in [0, 0.1) is 11.8 Å². The zero-order valence-electron chi connectivity index (χ0n) is 9.88. The van der Waals surface area contributed by atoms with Crippen LogP contribution in [0.1, 0.15) is 39.5 Å². The van der Waals surface area contributed by atoms with Crippen LogP contribution in [-0.4, -0.2) is 24.6 Å². The Morgan fingerprint density at radius 1 is 1.36 bits per heavy atom. The lowest BCUT2D eigenvalue weighted by Crippen LogP contribution is -2.32. The summed E-state index contributed by atoms with van der Waals surface area (Å²) in [4.78, 5) is 0. The summed E-state index contributed by atoms with van der Waals surface area (Å²) in [6.07, 6.45) is 7.92. The molecular weight excluding hydrogens is 190 g/mol.